The molecule has 0 spiro atoms. The molecule has 0 aromatic carbocycles. The average molecular weight is 224 g/mol. The summed E-state index contributed by atoms with van der Waals surface area (Å²) in [5.74, 6) is 0.820. The van der Waals surface area contributed by atoms with Crippen LogP contribution in [0.1, 0.15) is 11.6 Å². The molecule has 15 heavy (non-hydrogen) atoms. The average Bonchev–Trinajstić information content (AvgIpc) is 2.46. The lowest BCUT2D eigenvalue weighted by molar-refractivity contribution is -0.177. The minimum absolute atomic E-state index is 0.183. The summed E-state index contributed by atoms with van der Waals surface area (Å²) in [5, 5.41) is 7.32. The third-order valence-electron chi connectivity index (χ3n) is 1.73. The van der Waals surface area contributed by atoms with Crippen molar-refractivity contribution < 1.29 is 17.9 Å². The molecule has 0 bridgehead atoms. The lowest BCUT2D eigenvalue weighted by Crippen LogP contribution is -2.17. The van der Waals surface area contributed by atoms with Crippen molar-refractivity contribution in [1.82, 2.24) is 14.8 Å². The molecular formula is C7H11F3N4O. The van der Waals surface area contributed by atoms with E-state index < -0.39 is 12.8 Å². The lowest BCUT2D eigenvalue weighted by atomic mass is 10.5. The highest BCUT2D eigenvalue weighted by molar-refractivity contribution is 4.92. The minimum atomic E-state index is -4.32. The number of hydrogen-bond donors (Lipinski definition) is 1. The van der Waals surface area contributed by atoms with Crippen molar-refractivity contribution in [3.05, 3.63) is 11.6 Å². The van der Waals surface area contributed by atoms with E-state index in [1.165, 1.54) is 4.57 Å². The molecule has 0 radical (unpaired) electrons. The molecule has 86 valence electrons. The van der Waals surface area contributed by atoms with Crippen molar-refractivity contribution in [1.29, 1.82) is 0 Å². The summed E-state index contributed by atoms with van der Waals surface area (Å²) >= 11 is 0. The summed E-state index contributed by atoms with van der Waals surface area (Å²) < 4.78 is 41.2. The predicted molar refractivity (Wildman–Crippen MR) is 44.6 cm³/mol. The Balaban J connectivity index is 2.48. The van der Waals surface area contributed by atoms with E-state index in [0.717, 1.165) is 0 Å². The molecule has 1 rings (SSSR count). The number of nitrogens with two attached hydrogens (primary N) is 1. The maximum atomic E-state index is 11.7. The summed E-state index contributed by atoms with van der Waals surface area (Å²) in [7, 11) is 1.62. The van der Waals surface area contributed by atoms with Crippen LogP contribution in [0.25, 0.3) is 0 Å². The first-order valence-electron chi connectivity index (χ1n) is 4.15. The highest BCUT2D eigenvalue weighted by Gasteiger charge is 2.27. The molecule has 0 amide bonds. The third-order valence-corrected chi connectivity index (χ3v) is 1.73. The van der Waals surface area contributed by atoms with E-state index in [2.05, 4.69) is 14.9 Å². The molecule has 0 atom stereocenters. The smallest absolute Gasteiger partial charge is 0.364 e. The standard InChI is InChI=1S/C7H11F3N4O/c1-14-5(2-11)12-13-6(14)3-15-4-7(8,9)10/h2-4,11H2,1H3. The second kappa shape index (κ2) is 4.58. The van der Waals surface area contributed by atoms with E-state index in [1.807, 2.05) is 0 Å². The molecule has 2 N–H and O–H groups in total. The van der Waals surface area contributed by atoms with Crippen molar-refractivity contribution in [2.24, 2.45) is 12.8 Å². The summed E-state index contributed by atoms with van der Waals surface area (Å²) in [6.07, 6.45) is -4.32. The Hall–Kier alpha value is -1.15. The first kappa shape index (κ1) is 11.9. The summed E-state index contributed by atoms with van der Waals surface area (Å²) in [4.78, 5) is 0. The highest BCUT2D eigenvalue weighted by Crippen LogP contribution is 2.15. The van der Waals surface area contributed by atoms with Crippen LogP contribution < -0.4 is 5.73 Å². The Morgan fingerprint density at radius 3 is 2.40 bits per heavy atom. The van der Waals surface area contributed by atoms with E-state index in [0.29, 0.717) is 11.6 Å². The van der Waals surface area contributed by atoms with Gasteiger partial charge in [-0.3, -0.25) is 0 Å². The van der Waals surface area contributed by atoms with Crippen LogP contribution in [0.4, 0.5) is 13.2 Å². The topological polar surface area (TPSA) is 66.0 Å². The molecule has 1 heterocycles. The Morgan fingerprint density at radius 2 is 1.93 bits per heavy atom. The van der Waals surface area contributed by atoms with Gasteiger partial charge in [-0.2, -0.15) is 13.2 Å². The molecule has 1 aromatic rings. The van der Waals surface area contributed by atoms with Crippen molar-refractivity contribution in [2.45, 2.75) is 19.3 Å². The highest BCUT2D eigenvalue weighted by atomic mass is 19.4. The van der Waals surface area contributed by atoms with Crippen LogP contribution in [0, 0.1) is 0 Å². The van der Waals surface area contributed by atoms with Gasteiger partial charge in [0.25, 0.3) is 0 Å². The number of hydrogen-bond acceptors (Lipinski definition) is 4. The van der Waals surface area contributed by atoms with Gasteiger partial charge in [0.2, 0.25) is 0 Å². The molecule has 0 unspecified atom stereocenters. The van der Waals surface area contributed by atoms with Gasteiger partial charge in [0, 0.05) is 7.05 Å². The van der Waals surface area contributed by atoms with E-state index in [4.69, 9.17) is 5.73 Å². The molecule has 0 aliphatic carbocycles. The summed E-state index contributed by atoms with van der Waals surface area (Å²) in [5.41, 5.74) is 5.32. The fourth-order valence-electron chi connectivity index (χ4n) is 0.960. The van der Waals surface area contributed by atoms with Crippen LogP contribution in [0.5, 0.6) is 0 Å². The predicted octanol–water partition coefficient (Wildman–Crippen LogP) is 0.353. The lowest BCUT2D eigenvalue weighted by Gasteiger charge is -2.07. The number of nitrogens with zero attached hydrogens (tertiary/aromatic N) is 3. The Kier molecular flexibility index (Phi) is 3.64. The van der Waals surface area contributed by atoms with Gasteiger partial charge in [-0.15, -0.1) is 10.2 Å². The van der Waals surface area contributed by atoms with E-state index >= 15 is 0 Å². The zero-order valence-corrected chi connectivity index (χ0v) is 8.08. The SMILES string of the molecule is Cn1c(CN)nnc1COCC(F)(F)F. The van der Waals surface area contributed by atoms with Crippen LogP contribution in [0.3, 0.4) is 0 Å². The molecule has 0 aliphatic heterocycles. The maximum Gasteiger partial charge on any atom is 0.411 e. The largest absolute Gasteiger partial charge is 0.411 e. The molecule has 0 saturated carbocycles. The van der Waals surface area contributed by atoms with Gasteiger partial charge in [-0.1, -0.05) is 0 Å². The van der Waals surface area contributed by atoms with Crippen LogP contribution in [0.15, 0.2) is 0 Å². The Labute approximate surface area is 84.0 Å². The normalized spacial score (nSPS) is 12.1. The van der Waals surface area contributed by atoms with Gasteiger partial charge in [0.15, 0.2) is 5.82 Å². The minimum Gasteiger partial charge on any atom is -0.364 e. The van der Waals surface area contributed by atoms with Crippen LogP contribution in [0.2, 0.25) is 0 Å². The maximum absolute atomic E-state index is 11.7. The van der Waals surface area contributed by atoms with Crippen LogP contribution >= 0.6 is 0 Å². The van der Waals surface area contributed by atoms with Crippen LogP contribution in [-0.2, 0) is 24.9 Å². The third kappa shape index (κ3) is 3.48. The van der Waals surface area contributed by atoms with Crippen molar-refractivity contribution in [3.8, 4) is 0 Å². The van der Waals surface area contributed by atoms with Crippen LogP contribution in [-0.4, -0.2) is 27.5 Å². The monoisotopic (exact) mass is 224 g/mol. The zero-order valence-electron chi connectivity index (χ0n) is 8.08. The van der Waals surface area contributed by atoms with Crippen molar-refractivity contribution in [3.63, 3.8) is 0 Å². The second-order valence-corrected chi connectivity index (χ2v) is 2.90. The van der Waals surface area contributed by atoms with Gasteiger partial charge in [0.1, 0.15) is 19.0 Å². The molecule has 1 aromatic heterocycles. The molecule has 0 saturated heterocycles. The quantitative estimate of drug-likeness (QED) is 0.801. The molecule has 0 aliphatic rings. The fourth-order valence-corrected chi connectivity index (χ4v) is 0.960. The number of halogens is 3. The van der Waals surface area contributed by atoms with Gasteiger partial charge >= 0.3 is 6.18 Å². The molecule has 5 nitrogen and oxygen atoms in total. The molecular weight excluding hydrogens is 213 g/mol. The number of ether oxygens (including phenoxy) is 1. The van der Waals surface area contributed by atoms with Gasteiger partial charge in [0.05, 0.1) is 6.54 Å². The first-order chi connectivity index (χ1) is 6.94. The summed E-state index contributed by atoms with van der Waals surface area (Å²) in [6.45, 7) is -1.34. The van der Waals surface area contributed by atoms with Crippen molar-refractivity contribution in [2.75, 3.05) is 6.61 Å². The second-order valence-electron chi connectivity index (χ2n) is 2.90. The zero-order chi connectivity index (χ0) is 11.5. The van der Waals surface area contributed by atoms with Gasteiger partial charge in [-0.05, 0) is 0 Å². The van der Waals surface area contributed by atoms with Gasteiger partial charge in [-0.25, -0.2) is 0 Å². The number of alkyl halides is 3. The van der Waals surface area contributed by atoms with E-state index in [9.17, 15) is 13.2 Å². The fraction of sp³-hybridized carbons (Fsp3) is 0.714. The van der Waals surface area contributed by atoms with E-state index in [-0.39, 0.29) is 13.2 Å². The molecule has 8 heteroatoms. The van der Waals surface area contributed by atoms with Crippen molar-refractivity contribution >= 4 is 0 Å². The van der Waals surface area contributed by atoms with Gasteiger partial charge < -0.3 is 15.0 Å². The summed E-state index contributed by atoms with van der Waals surface area (Å²) in [6, 6.07) is 0. The number of aromatic nitrogens is 3. The Morgan fingerprint density at radius 1 is 1.33 bits per heavy atom. The number of rotatable bonds is 4. The first-order valence-corrected chi connectivity index (χ1v) is 4.15. The Bertz CT molecular complexity index is 323. The van der Waals surface area contributed by atoms with E-state index in [1.54, 1.807) is 7.05 Å². The molecule has 0 fully saturated rings.